The van der Waals surface area contributed by atoms with E-state index in [2.05, 4.69) is 20.6 Å². The molecule has 2 aromatic rings. The minimum atomic E-state index is -4.87. The number of benzene rings is 1. The second-order valence-electron chi connectivity index (χ2n) is 9.05. The summed E-state index contributed by atoms with van der Waals surface area (Å²) in [6.07, 6.45) is 0.345. The first-order chi connectivity index (χ1) is 19.0. The predicted octanol–water partition coefficient (Wildman–Crippen LogP) is 0.320. The summed E-state index contributed by atoms with van der Waals surface area (Å²) in [6, 6.07) is 8.51. The Hall–Kier alpha value is -2.68. The summed E-state index contributed by atoms with van der Waals surface area (Å²) in [5.41, 5.74) is 4.98. The van der Waals surface area contributed by atoms with Crippen LogP contribution in [0.4, 0.5) is 0 Å². The zero-order valence-electron chi connectivity index (χ0n) is 23.1. The van der Waals surface area contributed by atoms with Crippen LogP contribution in [0, 0.1) is 0 Å². The molecule has 0 aliphatic carbocycles. The van der Waals surface area contributed by atoms with Gasteiger partial charge in [-0.3, -0.25) is 24.3 Å². The lowest BCUT2D eigenvalue weighted by Crippen LogP contribution is -2.50. The first kappa shape index (κ1) is 33.5. The molecule has 40 heavy (non-hydrogen) atoms. The predicted molar refractivity (Wildman–Crippen MR) is 147 cm³/mol. The SMILES string of the molecule is CNN(C)Cc1cc2ccccc2n1CCC(=O)N[C@@H](COP(=O)(O)O)C(=O)NCCOCCOCCC(C)=O. The molecule has 0 spiro atoms. The van der Waals surface area contributed by atoms with E-state index in [1.54, 1.807) is 0 Å². The monoisotopic (exact) mass is 585 g/mol. The summed E-state index contributed by atoms with van der Waals surface area (Å²) in [5.74, 6) is -1.13. The first-order valence-corrected chi connectivity index (χ1v) is 14.4. The Kier molecular flexibility index (Phi) is 14.4. The van der Waals surface area contributed by atoms with E-state index >= 15 is 0 Å². The molecule has 0 radical (unpaired) electrons. The fourth-order valence-corrected chi connectivity index (χ4v) is 4.07. The topological polar surface area (TPSA) is 181 Å². The summed E-state index contributed by atoms with van der Waals surface area (Å²) in [5, 5.41) is 8.00. The summed E-state index contributed by atoms with van der Waals surface area (Å²) in [6.45, 7) is 2.77. The Balaban J connectivity index is 1.90. The third kappa shape index (κ3) is 12.7. The number of fused-ring (bicyclic) bond motifs is 1. The van der Waals surface area contributed by atoms with Gasteiger partial charge in [-0.05, 0) is 31.5 Å². The number of para-hydroxylation sites is 1. The number of aryl methyl sites for hydroxylation is 1. The van der Waals surface area contributed by atoms with Gasteiger partial charge in [-0.1, -0.05) is 18.2 Å². The number of nitrogens with one attached hydrogen (secondary N) is 3. The van der Waals surface area contributed by atoms with E-state index in [1.807, 2.05) is 54.0 Å². The number of hydrazine groups is 1. The molecule has 2 amide bonds. The van der Waals surface area contributed by atoms with Crippen molar-refractivity contribution in [3.05, 3.63) is 36.0 Å². The van der Waals surface area contributed by atoms with Gasteiger partial charge in [0, 0.05) is 44.2 Å². The van der Waals surface area contributed by atoms with E-state index in [0.29, 0.717) is 32.7 Å². The summed E-state index contributed by atoms with van der Waals surface area (Å²) < 4.78 is 28.3. The van der Waals surface area contributed by atoms with Crippen LogP contribution < -0.4 is 16.1 Å². The molecule has 15 heteroatoms. The molecule has 0 unspecified atom stereocenters. The molecular weight excluding hydrogens is 545 g/mol. The average molecular weight is 586 g/mol. The number of aromatic nitrogens is 1. The normalized spacial score (nSPS) is 12.6. The summed E-state index contributed by atoms with van der Waals surface area (Å²) in [7, 11) is -1.16. The number of carbonyl (C=O) groups is 3. The lowest BCUT2D eigenvalue weighted by atomic mass is 10.2. The number of hydrogen-bond donors (Lipinski definition) is 5. The van der Waals surface area contributed by atoms with Crippen LogP contribution in [0.3, 0.4) is 0 Å². The highest BCUT2D eigenvalue weighted by Gasteiger charge is 2.25. The Morgan fingerprint density at radius 2 is 1.77 bits per heavy atom. The molecule has 224 valence electrons. The van der Waals surface area contributed by atoms with Gasteiger partial charge in [-0.2, -0.15) is 0 Å². The van der Waals surface area contributed by atoms with Crippen LogP contribution in [0.2, 0.25) is 0 Å². The third-order valence-electron chi connectivity index (χ3n) is 5.82. The molecule has 1 aromatic heterocycles. The van der Waals surface area contributed by atoms with E-state index in [9.17, 15) is 18.9 Å². The van der Waals surface area contributed by atoms with Gasteiger partial charge in [0.2, 0.25) is 11.8 Å². The van der Waals surface area contributed by atoms with Gasteiger partial charge in [0.25, 0.3) is 0 Å². The Labute approximate surface area is 233 Å². The number of carbonyl (C=O) groups excluding carboxylic acids is 3. The van der Waals surface area contributed by atoms with Crippen molar-refractivity contribution >= 4 is 36.3 Å². The van der Waals surface area contributed by atoms with Crippen LogP contribution in [-0.4, -0.2) is 96.7 Å². The molecule has 0 aliphatic rings. The van der Waals surface area contributed by atoms with Crippen LogP contribution in [0.15, 0.2) is 30.3 Å². The maximum absolute atomic E-state index is 12.8. The molecular formula is C25H40N5O9P. The highest BCUT2D eigenvalue weighted by molar-refractivity contribution is 7.46. The van der Waals surface area contributed by atoms with Gasteiger partial charge in [0.1, 0.15) is 11.8 Å². The zero-order valence-corrected chi connectivity index (χ0v) is 24.0. The van der Waals surface area contributed by atoms with Crippen LogP contribution in [-0.2, 0) is 46.0 Å². The Morgan fingerprint density at radius 1 is 1.07 bits per heavy atom. The second kappa shape index (κ2) is 17.2. The minimum Gasteiger partial charge on any atom is -0.379 e. The number of phosphoric acid groups is 1. The number of rotatable bonds is 20. The number of Topliss-reactive ketones (excluding diaryl/α,β-unsaturated/α-hetero) is 1. The molecule has 0 saturated heterocycles. The third-order valence-corrected chi connectivity index (χ3v) is 6.30. The molecule has 5 N–H and O–H groups in total. The number of ketones is 1. The molecule has 0 fully saturated rings. The van der Waals surface area contributed by atoms with Gasteiger partial charge < -0.3 is 34.5 Å². The van der Waals surface area contributed by atoms with E-state index in [1.165, 1.54) is 6.92 Å². The van der Waals surface area contributed by atoms with Crippen LogP contribution in [0.1, 0.15) is 25.5 Å². The van der Waals surface area contributed by atoms with Gasteiger partial charge in [-0.25, -0.2) is 9.57 Å². The average Bonchev–Trinajstić information content (AvgIpc) is 3.24. The van der Waals surface area contributed by atoms with Gasteiger partial charge in [-0.15, -0.1) is 0 Å². The molecule has 1 atom stereocenters. The number of nitrogens with zero attached hydrogens (tertiary/aromatic N) is 2. The summed E-state index contributed by atoms with van der Waals surface area (Å²) >= 11 is 0. The molecule has 14 nitrogen and oxygen atoms in total. The lowest BCUT2D eigenvalue weighted by molar-refractivity contribution is -0.130. The van der Waals surface area contributed by atoms with Crippen molar-refractivity contribution in [1.82, 2.24) is 25.6 Å². The van der Waals surface area contributed by atoms with Gasteiger partial charge in [0.05, 0.1) is 39.6 Å². The van der Waals surface area contributed by atoms with Crippen LogP contribution in [0.5, 0.6) is 0 Å². The van der Waals surface area contributed by atoms with Gasteiger partial charge in [0.15, 0.2) is 0 Å². The van der Waals surface area contributed by atoms with Crippen molar-refractivity contribution in [3.8, 4) is 0 Å². The van der Waals surface area contributed by atoms with Crippen molar-refractivity contribution in [1.29, 1.82) is 0 Å². The molecule has 0 bridgehead atoms. The standard InChI is InChI=1S/C25H40N5O9P/c1-19(31)9-12-37-14-15-38-13-10-27-25(33)22(18-39-40(34,35)36)28-24(32)8-11-30-21(17-29(3)26-2)16-20-6-4-5-7-23(20)30/h4-7,16,22,26H,8-15,17-18H2,1-3H3,(H,27,33)(H,28,32)(H2,34,35,36)/t22-/m0/s1. The lowest BCUT2D eigenvalue weighted by Gasteiger charge is -2.20. The Bertz CT molecular complexity index is 1150. The minimum absolute atomic E-state index is 0.0153. The highest BCUT2D eigenvalue weighted by Crippen LogP contribution is 2.35. The van der Waals surface area contributed by atoms with Crippen LogP contribution in [0.25, 0.3) is 10.9 Å². The first-order valence-electron chi connectivity index (χ1n) is 12.9. The fraction of sp³-hybridized carbons (Fsp3) is 0.560. The van der Waals surface area contributed by atoms with Crippen molar-refractivity contribution in [3.63, 3.8) is 0 Å². The molecule has 0 aliphatic heterocycles. The Morgan fingerprint density at radius 3 is 2.45 bits per heavy atom. The van der Waals surface area contributed by atoms with E-state index in [0.717, 1.165) is 16.6 Å². The highest BCUT2D eigenvalue weighted by atomic mass is 31.2. The maximum atomic E-state index is 12.8. The maximum Gasteiger partial charge on any atom is 0.469 e. The number of amides is 2. The van der Waals surface area contributed by atoms with Crippen molar-refractivity contribution < 1.29 is 42.7 Å². The quantitative estimate of drug-likeness (QED) is 0.0820. The summed E-state index contributed by atoms with van der Waals surface area (Å²) in [4.78, 5) is 54.5. The smallest absolute Gasteiger partial charge is 0.379 e. The largest absolute Gasteiger partial charge is 0.469 e. The van der Waals surface area contributed by atoms with Crippen molar-refractivity contribution in [2.45, 2.75) is 38.9 Å². The fourth-order valence-electron chi connectivity index (χ4n) is 3.73. The number of hydrogen-bond acceptors (Lipinski definition) is 9. The zero-order chi connectivity index (χ0) is 29.5. The van der Waals surface area contributed by atoms with E-state index in [-0.39, 0.29) is 32.0 Å². The number of ether oxygens (including phenoxy) is 2. The van der Waals surface area contributed by atoms with E-state index < -0.39 is 32.3 Å². The van der Waals surface area contributed by atoms with E-state index in [4.69, 9.17) is 19.3 Å². The van der Waals surface area contributed by atoms with Crippen LogP contribution >= 0.6 is 7.82 Å². The number of phosphoric ester groups is 1. The van der Waals surface area contributed by atoms with Crippen molar-refractivity contribution in [2.75, 3.05) is 53.7 Å². The molecule has 0 saturated carbocycles. The molecule has 1 heterocycles. The molecule has 2 rings (SSSR count). The van der Waals surface area contributed by atoms with Crippen molar-refractivity contribution in [2.24, 2.45) is 0 Å². The van der Waals surface area contributed by atoms with Gasteiger partial charge >= 0.3 is 7.82 Å². The second-order valence-corrected chi connectivity index (χ2v) is 10.3. The molecule has 1 aromatic carbocycles.